The number of nitrogens with zero attached hydrogens (tertiary/aromatic N) is 4. The maximum Gasteiger partial charge on any atom is 0.221 e. The molecule has 0 saturated heterocycles. The van der Waals surface area contributed by atoms with E-state index in [1.54, 1.807) is 42.8 Å². The van der Waals surface area contributed by atoms with Crippen molar-refractivity contribution < 1.29 is 27.0 Å². The first-order chi connectivity index (χ1) is 22.4. The van der Waals surface area contributed by atoms with Crippen molar-refractivity contribution in [2.24, 2.45) is 0 Å². The van der Waals surface area contributed by atoms with Crippen LogP contribution >= 0.6 is 15.9 Å². The Hall–Kier alpha value is -4.72. The van der Waals surface area contributed by atoms with E-state index in [1.165, 1.54) is 24.7 Å². The first-order valence-corrected chi connectivity index (χ1v) is 16.1. The fraction of sp³-hybridized carbons (Fsp3) is 0.182. The second-order valence-electron chi connectivity index (χ2n) is 10.4. The van der Waals surface area contributed by atoms with Crippen LogP contribution in [-0.4, -0.2) is 46.4 Å². The highest BCUT2D eigenvalue weighted by Crippen LogP contribution is 2.39. The molecule has 46 heavy (non-hydrogen) atoms. The topological polar surface area (TPSA) is 125 Å². The van der Waals surface area contributed by atoms with E-state index in [0.717, 1.165) is 16.6 Å². The molecule has 1 aliphatic rings. The van der Waals surface area contributed by atoms with Crippen LogP contribution in [0, 0.1) is 5.82 Å². The number of anilines is 2. The van der Waals surface area contributed by atoms with Crippen LogP contribution < -0.4 is 10.1 Å². The normalized spacial score (nSPS) is 15.4. The number of hydrogen-bond acceptors (Lipinski definition) is 10. The van der Waals surface area contributed by atoms with E-state index in [1.807, 2.05) is 30.3 Å². The zero-order chi connectivity index (χ0) is 31.9. The molecule has 1 aliphatic heterocycles. The first kappa shape index (κ1) is 31.3. The fourth-order valence-electron chi connectivity index (χ4n) is 4.98. The Bertz CT molecular complexity index is 2030. The Kier molecular flexibility index (Phi) is 9.62. The van der Waals surface area contributed by atoms with Crippen molar-refractivity contribution in [2.75, 3.05) is 18.5 Å². The van der Waals surface area contributed by atoms with Crippen LogP contribution in [0.3, 0.4) is 0 Å². The minimum Gasteiger partial charge on any atom is -0.488 e. The predicted octanol–water partition coefficient (Wildman–Crippen LogP) is 6.28. The van der Waals surface area contributed by atoms with Crippen LogP contribution in [0.2, 0.25) is 0 Å². The van der Waals surface area contributed by atoms with Crippen molar-refractivity contribution in [1.82, 2.24) is 19.9 Å². The van der Waals surface area contributed by atoms with Gasteiger partial charge in [-0.25, -0.2) is 14.4 Å². The average Bonchev–Trinajstić information content (AvgIpc) is 3.55. The Morgan fingerprint density at radius 1 is 1.04 bits per heavy atom. The van der Waals surface area contributed by atoms with E-state index >= 15 is 0 Å². The van der Waals surface area contributed by atoms with Gasteiger partial charge in [0.2, 0.25) is 10.3 Å². The molecule has 10 nitrogen and oxygen atoms in total. The van der Waals surface area contributed by atoms with Crippen molar-refractivity contribution in [2.45, 2.75) is 25.0 Å². The minimum absolute atomic E-state index is 0.0784. The smallest absolute Gasteiger partial charge is 0.221 e. The number of pyridine rings is 2. The number of hydrogen-bond donors (Lipinski definition) is 1. The summed E-state index contributed by atoms with van der Waals surface area (Å²) in [6, 6.07) is 18.8. The number of ether oxygens (including phenoxy) is 3. The highest BCUT2D eigenvalue weighted by Gasteiger charge is 2.37. The summed E-state index contributed by atoms with van der Waals surface area (Å²) in [5.41, 5.74) is 2.31. The van der Waals surface area contributed by atoms with Gasteiger partial charge < -0.3 is 19.5 Å². The standard InChI is InChI=1S/C33H27BrFN5O5S/c34-26-16-24(8-9-29(26)44-19-22-5-3-6-23(35)15-22)40-32-25-17-31(37-18-28(25)38-21-39-32)33(10-4-13-45-33)11-14-43-20-30(46(41)42)27-7-1-2-12-36-27/h1-9,12-13,15-18,21H,10-11,14,19-20H2,(H,38,39,40). The van der Waals surface area contributed by atoms with Crippen LogP contribution in [0.15, 0.2) is 102 Å². The van der Waals surface area contributed by atoms with Gasteiger partial charge in [-0.3, -0.25) is 9.97 Å². The molecule has 0 radical (unpaired) electrons. The van der Waals surface area contributed by atoms with Crippen molar-refractivity contribution in [3.05, 3.63) is 125 Å². The van der Waals surface area contributed by atoms with E-state index in [-0.39, 0.29) is 30.5 Å². The van der Waals surface area contributed by atoms with Crippen LogP contribution in [0.1, 0.15) is 29.8 Å². The Labute approximate surface area is 274 Å². The van der Waals surface area contributed by atoms with Gasteiger partial charge in [-0.2, -0.15) is 8.42 Å². The van der Waals surface area contributed by atoms with Gasteiger partial charge in [0.05, 0.1) is 47.0 Å². The summed E-state index contributed by atoms with van der Waals surface area (Å²) in [4.78, 5) is 17.8. The third-order valence-electron chi connectivity index (χ3n) is 7.34. The maximum absolute atomic E-state index is 13.5. The zero-order valence-corrected chi connectivity index (χ0v) is 26.7. The molecule has 4 heterocycles. The summed E-state index contributed by atoms with van der Waals surface area (Å²) in [5, 5.41) is 4.09. The van der Waals surface area contributed by atoms with Gasteiger partial charge in [-0.15, -0.1) is 0 Å². The molecule has 6 rings (SSSR count). The van der Waals surface area contributed by atoms with Crippen LogP contribution in [0.25, 0.3) is 10.9 Å². The Morgan fingerprint density at radius 3 is 2.72 bits per heavy atom. The molecule has 0 bridgehead atoms. The average molecular weight is 705 g/mol. The van der Waals surface area contributed by atoms with Crippen LogP contribution in [-0.2, 0) is 32.0 Å². The van der Waals surface area contributed by atoms with Crippen LogP contribution in [0.4, 0.5) is 15.9 Å². The summed E-state index contributed by atoms with van der Waals surface area (Å²) < 4.78 is 55.6. The number of fused-ring (bicyclic) bond motifs is 1. The molecule has 1 atom stereocenters. The minimum atomic E-state index is -2.47. The van der Waals surface area contributed by atoms with Gasteiger partial charge in [-0.1, -0.05) is 18.2 Å². The lowest BCUT2D eigenvalue weighted by molar-refractivity contribution is 0.00271. The number of aromatic nitrogens is 4. The van der Waals surface area contributed by atoms with Gasteiger partial charge in [-0.05, 0) is 76.1 Å². The molecular formula is C33H27BrFN5O5S. The summed E-state index contributed by atoms with van der Waals surface area (Å²) in [7, 11) is -2.47. The zero-order valence-electron chi connectivity index (χ0n) is 24.3. The van der Waals surface area contributed by atoms with E-state index in [9.17, 15) is 12.8 Å². The Balaban J connectivity index is 1.17. The molecule has 0 spiro atoms. The maximum atomic E-state index is 13.5. The molecule has 1 N–H and O–H groups in total. The van der Waals surface area contributed by atoms with Crippen molar-refractivity contribution in [3.8, 4) is 5.75 Å². The largest absolute Gasteiger partial charge is 0.488 e. The lowest BCUT2D eigenvalue weighted by atomic mass is 9.91. The van der Waals surface area contributed by atoms with Crippen molar-refractivity contribution >= 4 is 53.5 Å². The molecule has 0 fully saturated rings. The molecule has 13 heteroatoms. The molecule has 0 amide bonds. The van der Waals surface area contributed by atoms with Gasteiger partial charge in [0.25, 0.3) is 0 Å². The molecule has 3 aromatic heterocycles. The van der Waals surface area contributed by atoms with E-state index < -0.39 is 15.9 Å². The van der Waals surface area contributed by atoms with Gasteiger partial charge in [0.1, 0.15) is 35.2 Å². The van der Waals surface area contributed by atoms with E-state index in [2.05, 4.69) is 41.2 Å². The summed E-state index contributed by atoms with van der Waals surface area (Å²) in [6.07, 6.45) is 9.20. The summed E-state index contributed by atoms with van der Waals surface area (Å²) >= 11 is 3.57. The predicted molar refractivity (Wildman–Crippen MR) is 175 cm³/mol. The van der Waals surface area contributed by atoms with Crippen LogP contribution in [0.5, 0.6) is 5.75 Å². The summed E-state index contributed by atoms with van der Waals surface area (Å²) in [5.74, 6) is 0.864. The number of rotatable bonds is 12. The third-order valence-corrected chi connectivity index (χ3v) is 8.69. The quantitative estimate of drug-likeness (QED) is 0.0902. The Morgan fingerprint density at radius 2 is 1.96 bits per heavy atom. The second-order valence-corrected chi connectivity index (χ2v) is 12.2. The molecule has 1 unspecified atom stereocenters. The number of halogens is 2. The number of benzene rings is 2. The first-order valence-electron chi connectivity index (χ1n) is 14.2. The molecule has 234 valence electrons. The van der Waals surface area contributed by atoms with Crippen molar-refractivity contribution in [1.29, 1.82) is 0 Å². The lowest BCUT2D eigenvalue weighted by Crippen LogP contribution is -2.28. The van der Waals surface area contributed by atoms with E-state index in [4.69, 9.17) is 14.2 Å². The monoisotopic (exact) mass is 703 g/mol. The number of nitrogens with one attached hydrogen (secondary N) is 1. The SMILES string of the molecule is O=S(=O)=C(COCCC1(c2cc3c(Nc4ccc(OCc5cccc(F)c5)c(Br)c4)ncnc3cn2)CC=CO1)c1ccccn1. The van der Waals surface area contributed by atoms with Gasteiger partial charge >= 0.3 is 0 Å². The second kappa shape index (κ2) is 14.1. The third kappa shape index (κ3) is 7.22. The molecule has 0 saturated carbocycles. The lowest BCUT2D eigenvalue weighted by Gasteiger charge is -2.28. The van der Waals surface area contributed by atoms with Gasteiger partial charge in [0.15, 0.2) is 5.60 Å². The summed E-state index contributed by atoms with van der Waals surface area (Å²) in [6.45, 7) is 0.321. The fourth-order valence-corrected chi connectivity index (χ4v) is 5.95. The van der Waals surface area contributed by atoms with Crippen molar-refractivity contribution in [3.63, 3.8) is 0 Å². The van der Waals surface area contributed by atoms with E-state index in [0.29, 0.717) is 45.8 Å². The molecular weight excluding hydrogens is 677 g/mol. The highest BCUT2D eigenvalue weighted by molar-refractivity contribution is 9.10. The molecule has 5 aromatic rings. The highest BCUT2D eigenvalue weighted by atomic mass is 79.9. The van der Waals surface area contributed by atoms with Gasteiger partial charge in [0, 0.05) is 30.1 Å². The molecule has 0 aliphatic carbocycles. The molecule has 2 aromatic carbocycles.